The first kappa shape index (κ1) is 21.6. The lowest BCUT2D eigenvalue weighted by atomic mass is 10.0. The quantitative estimate of drug-likeness (QED) is 0.645. The molecule has 0 unspecified atom stereocenters. The molecule has 0 bridgehead atoms. The molecule has 2 aliphatic heterocycles. The second kappa shape index (κ2) is 8.94. The van der Waals surface area contributed by atoms with E-state index >= 15 is 0 Å². The fraction of sp³-hybridized carbons (Fsp3) is 0.400. The molecule has 8 heteroatoms. The molecule has 2 fully saturated rings. The first-order valence-corrected chi connectivity index (χ1v) is 11.5. The summed E-state index contributed by atoms with van der Waals surface area (Å²) in [7, 11) is 2.15. The van der Waals surface area contributed by atoms with E-state index in [0.717, 1.165) is 54.6 Å². The van der Waals surface area contributed by atoms with Crippen molar-refractivity contribution in [2.24, 2.45) is 0 Å². The molecular weight excluding hydrogens is 419 g/mol. The van der Waals surface area contributed by atoms with Crippen LogP contribution in [0.15, 0.2) is 42.5 Å². The summed E-state index contributed by atoms with van der Waals surface area (Å²) in [5.41, 5.74) is 2.16. The number of amides is 2. The Morgan fingerprint density at radius 2 is 1.76 bits per heavy atom. The molecule has 1 aromatic heterocycles. The molecule has 3 heterocycles. The molecule has 0 saturated carbocycles. The van der Waals surface area contributed by atoms with Gasteiger partial charge in [-0.15, -0.1) is 10.2 Å². The van der Waals surface area contributed by atoms with Crippen LogP contribution >= 0.6 is 0 Å². The number of rotatable bonds is 5. The highest BCUT2D eigenvalue weighted by Crippen LogP contribution is 2.32. The molecular formula is C25H29FN6O. The van der Waals surface area contributed by atoms with Gasteiger partial charge in [-0.25, -0.2) is 9.18 Å². The lowest BCUT2D eigenvalue weighted by Gasteiger charge is -2.37. The normalized spacial score (nSPS) is 17.3. The predicted octanol–water partition coefficient (Wildman–Crippen LogP) is 3.71. The standard InChI is InChI=1S/C25H29FN6O/c1-17-15-19(26)8-7-18(17)16-30(2)20-9-12-31(13-10-20)23-21-5-3-4-6-22(21)24(29-28-23)32-14-11-27-25(32)33/h3-8,15,20H,9-14,16H2,1-2H3,(H,27,33). The Balaban J connectivity index is 1.31. The van der Waals surface area contributed by atoms with Crippen LogP contribution in [0.25, 0.3) is 10.8 Å². The van der Waals surface area contributed by atoms with Crippen molar-refractivity contribution < 1.29 is 9.18 Å². The van der Waals surface area contributed by atoms with Crippen molar-refractivity contribution in [2.45, 2.75) is 32.4 Å². The molecule has 2 saturated heterocycles. The Hall–Kier alpha value is -3.26. The molecule has 33 heavy (non-hydrogen) atoms. The molecule has 1 N–H and O–H groups in total. The SMILES string of the molecule is Cc1cc(F)ccc1CN(C)C1CCN(c2nnc(N3CCNC3=O)c3ccccc23)CC1. The highest BCUT2D eigenvalue weighted by molar-refractivity contribution is 6.05. The van der Waals surface area contributed by atoms with Crippen LogP contribution in [0.5, 0.6) is 0 Å². The smallest absolute Gasteiger partial charge is 0.323 e. The van der Waals surface area contributed by atoms with E-state index in [0.29, 0.717) is 24.9 Å². The first-order chi connectivity index (χ1) is 16.0. The molecule has 0 aliphatic carbocycles. The maximum Gasteiger partial charge on any atom is 0.323 e. The van der Waals surface area contributed by atoms with Gasteiger partial charge in [0.05, 0.1) is 0 Å². The minimum atomic E-state index is -0.183. The van der Waals surface area contributed by atoms with E-state index in [1.165, 1.54) is 11.6 Å². The van der Waals surface area contributed by atoms with Crippen molar-refractivity contribution in [3.63, 3.8) is 0 Å². The van der Waals surface area contributed by atoms with Gasteiger partial charge in [-0.3, -0.25) is 9.80 Å². The van der Waals surface area contributed by atoms with Gasteiger partial charge >= 0.3 is 6.03 Å². The minimum Gasteiger partial charge on any atom is -0.354 e. The number of halogens is 1. The molecule has 3 aromatic rings. The maximum absolute atomic E-state index is 13.4. The zero-order valence-corrected chi connectivity index (χ0v) is 19.1. The van der Waals surface area contributed by atoms with E-state index < -0.39 is 0 Å². The Labute approximate surface area is 193 Å². The summed E-state index contributed by atoms with van der Waals surface area (Å²) in [6.45, 7) is 5.77. The van der Waals surface area contributed by atoms with Crippen LogP contribution in [-0.2, 0) is 6.54 Å². The summed E-state index contributed by atoms with van der Waals surface area (Å²) in [4.78, 5) is 18.5. The molecule has 0 radical (unpaired) electrons. The van der Waals surface area contributed by atoms with Crippen molar-refractivity contribution in [3.05, 3.63) is 59.4 Å². The number of hydrogen-bond acceptors (Lipinski definition) is 5. The molecule has 172 valence electrons. The lowest BCUT2D eigenvalue weighted by molar-refractivity contribution is 0.200. The average Bonchev–Trinajstić information content (AvgIpc) is 3.26. The van der Waals surface area contributed by atoms with Gasteiger partial charge in [-0.2, -0.15) is 0 Å². The predicted molar refractivity (Wildman–Crippen MR) is 128 cm³/mol. The minimum absolute atomic E-state index is 0.123. The third kappa shape index (κ3) is 4.23. The molecule has 2 aliphatic rings. The monoisotopic (exact) mass is 448 g/mol. The lowest BCUT2D eigenvalue weighted by Crippen LogP contribution is -2.43. The van der Waals surface area contributed by atoms with Crippen molar-refractivity contribution in [1.82, 2.24) is 20.4 Å². The van der Waals surface area contributed by atoms with E-state index in [-0.39, 0.29) is 11.8 Å². The van der Waals surface area contributed by atoms with Crippen LogP contribution < -0.4 is 15.1 Å². The number of nitrogens with zero attached hydrogens (tertiary/aromatic N) is 5. The first-order valence-electron chi connectivity index (χ1n) is 11.5. The van der Waals surface area contributed by atoms with Crippen LogP contribution in [0.1, 0.15) is 24.0 Å². The van der Waals surface area contributed by atoms with Crippen LogP contribution in [0.2, 0.25) is 0 Å². The number of benzene rings is 2. The number of piperidine rings is 1. The Morgan fingerprint density at radius 1 is 1.06 bits per heavy atom. The second-order valence-corrected chi connectivity index (χ2v) is 8.98. The molecule has 2 amide bonds. The second-order valence-electron chi connectivity index (χ2n) is 8.98. The van der Waals surface area contributed by atoms with Crippen molar-refractivity contribution in [3.8, 4) is 0 Å². The fourth-order valence-electron chi connectivity index (χ4n) is 4.94. The number of nitrogens with one attached hydrogen (secondary N) is 1. The number of urea groups is 1. The van der Waals surface area contributed by atoms with Gasteiger partial charge in [0.25, 0.3) is 0 Å². The Morgan fingerprint density at radius 3 is 2.42 bits per heavy atom. The molecule has 5 rings (SSSR count). The molecule has 7 nitrogen and oxygen atoms in total. The van der Waals surface area contributed by atoms with Crippen LogP contribution in [0.3, 0.4) is 0 Å². The summed E-state index contributed by atoms with van der Waals surface area (Å²) in [5, 5.41) is 13.9. The highest BCUT2D eigenvalue weighted by Gasteiger charge is 2.28. The maximum atomic E-state index is 13.4. The van der Waals surface area contributed by atoms with Crippen LogP contribution in [0.4, 0.5) is 20.8 Å². The van der Waals surface area contributed by atoms with Crippen LogP contribution in [0, 0.1) is 12.7 Å². The average molecular weight is 449 g/mol. The molecule has 2 aromatic carbocycles. The third-order valence-corrected chi connectivity index (χ3v) is 6.87. The number of carbonyl (C=O) groups is 1. The van der Waals surface area contributed by atoms with Crippen LogP contribution in [-0.4, -0.2) is 60.4 Å². The topological polar surface area (TPSA) is 64.6 Å². The van der Waals surface area contributed by atoms with Gasteiger partial charge in [0.1, 0.15) is 5.82 Å². The fourth-order valence-corrected chi connectivity index (χ4v) is 4.94. The van der Waals surface area contributed by atoms with Gasteiger partial charge < -0.3 is 10.2 Å². The third-order valence-electron chi connectivity index (χ3n) is 6.87. The number of aromatic nitrogens is 2. The van der Waals surface area contributed by atoms with E-state index in [4.69, 9.17) is 0 Å². The van der Waals surface area contributed by atoms with E-state index in [2.05, 4.69) is 38.4 Å². The summed E-state index contributed by atoms with van der Waals surface area (Å²) in [5.74, 6) is 1.31. The van der Waals surface area contributed by atoms with Gasteiger partial charge in [0, 0.05) is 49.5 Å². The number of carbonyl (C=O) groups excluding carboxylic acids is 1. The van der Waals surface area contributed by atoms with Crippen molar-refractivity contribution in [2.75, 3.05) is 43.0 Å². The van der Waals surface area contributed by atoms with Gasteiger partial charge in [0.2, 0.25) is 0 Å². The summed E-state index contributed by atoms with van der Waals surface area (Å²) in [6, 6.07) is 13.4. The zero-order chi connectivity index (χ0) is 22.9. The van der Waals surface area contributed by atoms with E-state index in [1.54, 1.807) is 11.0 Å². The van der Waals surface area contributed by atoms with Gasteiger partial charge in [0.15, 0.2) is 11.6 Å². The summed E-state index contributed by atoms with van der Waals surface area (Å²) < 4.78 is 13.4. The number of anilines is 2. The highest BCUT2D eigenvalue weighted by atomic mass is 19.1. The Kier molecular flexibility index (Phi) is 5.85. The van der Waals surface area contributed by atoms with E-state index in [1.807, 2.05) is 31.2 Å². The summed E-state index contributed by atoms with van der Waals surface area (Å²) >= 11 is 0. The number of hydrogen-bond donors (Lipinski definition) is 1. The largest absolute Gasteiger partial charge is 0.354 e. The van der Waals surface area contributed by atoms with Crippen molar-refractivity contribution in [1.29, 1.82) is 0 Å². The zero-order valence-electron chi connectivity index (χ0n) is 19.1. The summed E-state index contributed by atoms with van der Waals surface area (Å²) in [6.07, 6.45) is 2.03. The van der Waals surface area contributed by atoms with Gasteiger partial charge in [-0.05, 0) is 50.1 Å². The number of fused-ring (bicyclic) bond motifs is 1. The van der Waals surface area contributed by atoms with E-state index in [9.17, 15) is 9.18 Å². The van der Waals surface area contributed by atoms with Crippen molar-refractivity contribution >= 4 is 28.4 Å². The number of aryl methyl sites for hydroxylation is 1. The Bertz CT molecular complexity index is 1180. The van der Waals surface area contributed by atoms with Gasteiger partial charge in [-0.1, -0.05) is 30.3 Å². The molecule has 0 spiro atoms. The molecule has 0 atom stereocenters.